The summed E-state index contributed by atoms with van der Waals surface area (Å²) in [6.45, 7) is 1.91. The van der Waals surface area contributed by atoms with Crippen molar-refractivity contribution < 1.29 is 4.79 Å². The summed E-state index contributed by atoms with van der Waals surface area (Å²) in [5.41, 5.74) is 1.67. The Morgan fingerprint density at radius 2 is 2.27 bits per heavy atom. The number of benzene rings is 1. The van der Waals surface area contributed by atoms with Crippen molar-refractivity contribution in [2.45, 2.75) is 12.1 Å². The average molecular weight is 334 g/mol. The third kappa shape index (κ3) is 3.20. The molecule has 0 aliphatic carbocycles. The number of halogens is 1. The molecule has 0 atom stereocenters. The molecule has 1 amide bonds. The number of amides is 1. The van der Waals surface area contributed by atoms with Gasteiger partial charge in [0.2, 0.25) is 5.91 Å². The third-order valence-corrected chi connectivity index (χ3v) is 4.14. The minimum atomic E-state index is -0.129. The van der Waals surface area contributed by atoms with E-state index in [0.717, 1.165) is 5.56 Å². The van der Waals surface area contributed by atoms with Crippen LogP contribution in [0, 0.1) is 6.92 Å². The maximum Gasteiger partial charge on any atom is 0.255 e. The van der Waals surface area contributed by atoms with Gasteiger partial charge < -0.3 is 5.32 Å². The number of anilines is 1. The lowest BCUT2D eigenvalue weighted by Crippen LogP contribution is -2.15. The molecule has 0 bridgehead atoms. The molecule has 112 valence electrons. The highest BCUT2D eigenvalue weighted by atomic mass is 35.5. The van der Waals surface area contributed by atoms with Gasteiger partial charge in [-0.25, -0.2) is 4.98 Å². The topological polar surface area (TPSA) is 72.2 Å². The van der Waals surface area contributed by atoms with Gasteiger partial charge in [-0.3, -0.25) is 9.20 Å². The van der Waals surface area contributed by atoms with Crippen LogP contribution in [0.1, 0.15) is 5.56 Å². The predicted molar refractivity (Wildman–Crippen MR) is 86.3 cm³/mol. The smallest absolute Gasteiger partial charge is 0.255 e. The number of rotatable bonds is 4. The van der Waals surface area contributed by atoms with Gasteiger partial charge in [-0.05, 0) is 30.7 Å². The van der Waals surface area contributed by atoms with Gasteiger partial charge in [0.15, 0.2) is 5.16 Å². The van der Waals surface area contributed by atoms with Crippen LogP contribution in [-0.4, -0.2) is 31.2 Å². The number of nitrogens with one attached hydrogen (secondary N) is 1. The lowest BCUT2D eigenvalue weighted by atomic mass is 10.2. The van der Waals surface area contributed by atoms with Crippen LogP contribution in [0.4, 0.5) is 5.69 Å². The molecule has 0 saturated heterocycles. The molecular weight excluding hydrogens is 322 g/mol. The molecule has 1 N–H and O–H groups in total. The Bertz CT molecular complexity index is 835. The Morgan fingerprint density at radius 3 is 3.14 bits per heavy atom. The monoisotopic (exact) mass is 333 g/mol. The number of thioether (sulfide) groups is 1. The lowest BCUT2D eigenvalue weighted by Gasteiger charge is -2.08. The normalized spacial score (nSPS) is 10.8. The second-order valence-electron chi connectivity index (χ2n) is 4.57. The van der Waals surface area contributed by atoms with Crippen molar-refractivity contribution >= 4 is 40.7 Å². The summed E-state index contributed by atoms with van der Waals surface area (Å²) in [7, 11) is 0. The van der Waals surface area contributed by atoms with Gasteiger partial charge in [-0.1, -0.05) is 29.4 Å². The van der Waals surface area contributed by atoms with E-state index in [1.807, 2.05) is 19.2 Å². The Hall–Kier alpha value is -2.12. The van der Waals surface area contributed by atoms with E-state index in [9.17, 15) is 4.79 Å². The summed E-state index contributed by atoms with van der Waals surface area (Å²) < 4.78 is 1.74. The molecule has 0 fully saturated rings. The van der Waals surface area contributed by atoms with E-state index < -0.39 is 0 Å². The molecule has 0 radical (unpaired) electrons. The van der Waals surface area contributed by atoms with Crippen LogP contribution in [-0.2, 0) is 4.79 Å². The van der Waals surface area contributed by atoms with E-state index in [4.69, 9.17) is 11.6 Å². The van der Waals surface area contributed by atoms with E-state index in [1.54, 1.807) is 28.8 Å². The summed E-state index contributed by atoms with van der Waals surface area (Å²) in [6.07, 6.45) is 3.46. The molecule has 2 heterocycles. The Balaban J connectivity index is 1.66. The third-order valence-electron chi connectivity index (χ3n) is 2.96. The Morgan fingerprint density at radius 1 is 1.41 bits per heavy atom. The van der Waals surface area contributed by atoms with Crippen molar-refractivity contribution in [1.29, 1.82) is 0 Å². The van der Waals surface area contributed by atoms with Crippen LogP contribution >= 0.6 is 23.4 Å². The summed E-state index contributed by atoms with van der Waals surface area (Å²) in [5.74, 6) is 0.605. The van der Waals surface area contributed by atoms with Gasteiger partial charge in [0.25, 0.3) is 5.78 Å². The van der Waals surface area contributed by atoms with Crippen LogP contribution in [0.2, 0.25) is 5.02 Å². The quantitative estimate of drug-likeness (QED) is 0.743. The van der Waals surface area contributed by atoms with Crippen LogP contribution in [0.3, 0.4) is 0 Å². The number of hydrogen-bond donors (Lipinski definition) is 1. The van der Waals surface area contributed by atoms with Gasteiger partial charge in [-0.2, -0.15) is 0 Å². The van der Waals surface area contributed by atoms with Crippen molar-refractivity contribution in [1.82, 2.24) is 19.6 Å². The summed E-state index contributed by atoms with van der Waals surface area (Å²) >= 11 is 7.24. The van der Waals surface area contributed by atoms with Crippen molar-refractivity contribution in [2.24, 2.45) is 0 Å². The number of aromatic nitrogens is 4. The summed E-state index contributed by atoms with van der Waals surface area (Å²) in [4.78, 5) is 16.1. The molecular formula is C14H12ClN5OS. The minimum Gasteiger partial charge on any atom is -0.325 e. The Labute approximate surface area is 135 Å². The van der Waals surface area contributed by atoms with Gasteiger partial charge in [0.1, 0.15) is 0 Å². The molecule has 22 heavy (non-hydrogen) atoms. The molecule has 0 unspecified atom stereocenters. The molecule has 2 aromatic heterocycles. The first kappa shape index (κ1) is 14.8. The highest BCUT2D eigenvalue weighted by Gasteiger charge is 2.10. The summed E-state index contributed by atoms with van der Waals surface area (Å²) in [6, 6.07) is 7.17. The maximum absolute atomic E-state index is 12.1. The molecule has 8 heteroatoms. The molecule has 0 saturated carbocycles. The highest BCUT2D eigenvalue weighted by Crippen LogP contribution is 2.21. The molecule has 0 aliphatic rings. The second kappa shape index (κ2) is 6.33. The zero-order valence-corrected chi connectivity index (χ0v) is 13.2. The molecule has 3 aromatic rings. The fraction of sp³-hybridized carbons (Fsp3) is 0.143. The van der Waals surface area contributed by atoms with E-state index in [-0.39, 0.29) is 11.7 Å². The standard InChI is InChI=1S/C14H12ClN5OS/c1-9-3-4-10(15)7-11(9)17-12(21)8-22-14-19-18-13-16-5-2-6-20(13)14/h2-7H,8H2,1H3,(H,17,21). The lowest BCUT2D eigenvalue weighted by molar-refractivity contribution is -0.113. The number of hydrogen-bond acceptors (Lipinski definition) is 5. The molecule has 0 spiro atoms. The predicted octanol–water partition coefficient (Wildman–Crippen LogP) is 2.82. The van der Waals surface area contributed by atoms with Gasteiger partial charge in [0, 0.05) is 23.1 Å². The molecule has 6 nitrogen and oxygen atoms in total. The van der Waals surface area contributed by atoms with Crippen molar-refractivity contribution in [2.75, 3.05) is 11.1 Å². The number of carbonyl (C=O) groups is 1. The van der Waals surface area contributed by atoms with Gasteiger partial charge >= 0.3 is 0 Å². The van der Waals surface area contributed by atoms with Crippen LogP contribution in [0.15, 0.2) is 41.8 Å². The minimum absolute atomic E-state index is 0.129. The molecule has 1 aromatic carbocycles. The average Bonchev–Trinajstić information content (AvgIpc) is 2.92. The number of fused-ring (bicyclic) bond motifs is 1. The second-order valence-corrected chi connectivity index (χ2v) is 5.95. The molecule has 3 rings (SSSR count). The fourth-order valence-electron chi connectivity index (χ4n) is 1.87. The first-order valence-corrected chi connectivity index (χ1v) is 7.84. The Kier molecular flexibility index (Phi) is 4.26. The van der Waals surface area contributed by atoms with E-state index >= 15 is 0 Å². The van der Waals surface area contributed by atoms with Crippen molar-refractivity contribution in [3.63, 3.8) is 0 Å². The van der Waals surface area contributed by atoms with Crippen LogP contribution < -0.4 is 5.32 Å². The largest absolute Gasteiger partial charge is 0.325 e. The zero-order chi connectivity index (χ0) is 15.5. The van der Waals surface area contributed by atoms with E-state index in [2.05, 4.69) is 20.5 Å². The van der Waals surface area contributed by atoms with E-state index in [1.165, 1.54) is 11.8 Å². The van der Waals surface area contributed by atoms with E-state index in [0.29, 0.717) is 21.6 Å². The highest BCUT2D eigenvalue weighted by molar-refractivity contribution is 7.99. The number of carbonyl (C=O) groups excluding carboxylic acids is 1. The SMILES string of the molecule is Cc1ccc(Cl)cc1NC(=O)CSc1nnc2ncccn12. The maximum atomic E-state index is 12.1. The van der Waals surface area contributed by atoms with Crippen molar-refractivity contribution in [3.05, 3.63) is 47.2 Å². The fourth-order valence-corrected chi connectivity index (χ4v) is 2.75. The van der Waals surface area contributed by atoms with Gasteiger partial charge in [0.05, 0.1) is 5.75 Å². The molecule has 0 aliphatic heterocycles. The first-order valence-electron chi connectivity index (χ1n) is 6.48. The van der Waals surface area contributed by atoms with Crippen LogP contribution in [0.25, 0.3) is 5.78 Å². The van der Waals surface area contributed by atoms with Crippen molar-refractivity contribution in [3.8, 4) is 0 Å². The number of nitrogens with zero attached hydrogens (tertiary/aromatic N) is 4. The van der Waals surface area contributed by atoms with Gasteiger partial charge in [-0.15, -0.1) is 10.2 Å². The van der Waals surface area contributed by atoms with Crippen LogP contribution in [0.5, 0.6) is 0 Å². The number of aryl methyl sites for hydroxylation is 1. The zero-order valence-electron chi connectivity index (χ0n) is 11.7. The first-order chi connectivity index (χ1) is 10.6. The summed E-state index contributed by atoms with van der Waals surface area (Å²) in [5, 5.41) is 12.0.